The van der Waals surface area contributed by atoms with Crippen molar-refractivity contribution >= 4 is 11.7 Å². The molecule has 2 amide bonds. The molecule has 0 bridgehead atoms. The molecule has 0 unspecified atom stereocenters. The third kappa shape index (κ3) is 5.08. The van der Waals surface area contributed by atoms with Gasteiger partial charge in [-0.05, 0) is 37.6 Å². The molecule has 0 saturated heterocycles. The summed E-state index contributed by atoms with van der Waals surface area (Å²) < 4.78 is 5.67. The molecule has 0 saturated carbocycles. The van der Waals surface area contributed by atoms with E-state index in [-0.39, 0.29) is 6.03 Å². The second-order valence-corrected chi connectivity index (χ2v) is 6.10. The van der Waals surface area contributed by atoms with Gasteiger partial charge in [-0.15, -0.1) is 0 Å². The summed E-state index contributed by atoms with van der Waals surface area (Å²) in [4.78, 5) is 16.2. The number of amides is 2. The van der Waals surface area contributed by atoms with E-state index in [2.05, 4.69) is 15.6 Å². The van der Waals surface area contributed by atoms with Gasteiger partial charge in [0.05, 0.1) is 11.9 Å². The Labute approximate surface area is 153 Å². The Hall–Kier alpha value is -3.34. The van der Waals surface area contributed by atoms with Crippen LogP contribution in [-0.2, 0) is 6.54 Å². The van der Waals surface area contributed by atoms with Crippen LogP contribution in [0.2, 0.25) is 0 Å². The molecular weight excluding hydrogens is 326 g/mol. The average Bonchev–Trinajstić information content (AvgIpc) is 2.64. The molecule has 5 heteroatoms. The van der Waals surface area contributed by atoms with Gasteiger partial charge in [0.25, 0.3) is 0 Å². The normalized spacial score (nSPS) is 10.2. The first kappa shape index (κ1) is 17.5. The highest BCUT2D eigenvalue weighted by Crippen LogP contribution is 2.20. The van der Waals surface area contributed by atoms with Crippen LogP contribution in [-0.4, -0.2) is 11.0 Å². The summed E-state index contributed by atoms with van der Waals surface area (Å²) in [5, 5.41) is 5.58. The Morgan fingerprint density at radius 3 is 2.50 bits per heavy atom. The second-order valence-electron chi connectivity index (χ2n) is 6.10. The Kier molecular flexibility index (Phi) is 5.49. The molecule has 3 aromatic rings. The van der Waals surface area contributed by atoms with Crippen molar-refractivity contribution < 1.29 is 9.53 Å². The van der Waals surface area contributed by atoms with Crippen LogP contribution in [0.15, 0.2) is 66.9 Å². The fourth-order valence-electron chi connectivity index (χ4n) is 2.42. The number of aromatic nitrogens is 1. The number of urea groups is 1. The average molecular weight is 347 g/mol. The summed E-state index contributed by atoms with van der Waals surface area (Å²) in [5.74, 6) is 1.19. The van der Waals surface area contributed by atoms with Crippen LogP contribution in [0.25, 0.3) is 0 Å². The van der Waals surface area contributed by atoms with Crippen LogP contribution in [0.3, 0.4) is 0 Å². The highest BCUT2D eigenvalue weighted by molar-refractivity contribution is 5.88. The minimum atomic E-state index is -0.277. The van der Waals surface area contributed by atoms with Crippen molar-refractivity contribution in [2.24, 2.45) is 0 Å². The van der Waals surface area contributed by atoms with Crippen molar-refractivity contribution in [2.45, 2.75) is 20.4 Å². The topological polar surface area (TPSA) is 63.2 Å². The van der Waals surface area contributed by atoms with E-state index >= 15 is 0 Å². The number of aryl methyl sites for hydroxylation is 2. The van der Waals surface area contributed by atoms with Crippen molar-refractivity contribution in [2.75, 3.05) is 5.32 Å². The van der Waals surface area contributed by atoms with Gasteiger partial charge in [-0.1, -0.05) is 47.5 Å². The van der Waals surface area contributed by atoms with Crippen molar-refractivity contribution in [1.29, 1.82) is 0 Å². The summed E-state index contributed by atoms with van der Waals surface area (Å²) in [5.41, 5.74) is 3.99. The van der Waals surface area contributed by atoms with Crippen LogP contribution >= 0.6 is 0 Å². The first-order chi connectivity index (χ1) is 12.6. The molecule has 0 fully saturated rings. The van der Waals surface area contributed by atoms with Crippen LogP contribution in [0, 0.1) is 13.8 Å². The van der Waals surface area contributed by atoms with Gasteiger partial charge in [0.2, 0.25) is 5.88 Å². The third-order valence-electron chi connectivity index (χ3n) is 3.77. The lowest BCUT2D eigenvalue weighted by molar-refractivity contribution is 0.251. The Bertz CT molecular complexity index is 875. The number of ether oxygens (including phenoxy) is 1. The summed E-state index contributed by atoms with van der Waals surface area (Å²) in [6.45, 7) is 4.51. The quantitative estimate of drug-likeness (QED) is 0.696. The maximum Gasteiger partial charge on any atom is 0.319 e. The predicted molar refractivity (Wildman–Crippen MR) is 103 cm³/mol. The van der Waals surface area contributed by atoms with Crippen molar-refractivity contribution in [3.63, 3.8) is 0 Å². The van der Waals surface area contributed by atoms with Crippen LogP contribution in [0.1, 0.15) is 16.7 Å². The van der Waals surface area contributed by atoms with E-state index in [4.69, 9.17) is 4.74 Å². The van der Waals surface area contributed by atoms with E-state index in [1.165, 1.54) is 5.56 Å². The fraction of sp³-hybridized carbons (Fsp3) is 0.143. The zero-order valence-corrected chi connectivity index (χ0v) is 14.8. The van der Waals surface area contributed by atoms with E-state index in [0.29, 0.717) is 18.1 Å². The summed E-state index contributed by atoms with van der Waals surface area (Å²) in [7, 11) is 0. The molecule has 0 radical (unpaired) electrons. The fourth-order valence-corrected chi connectivity index (χ4v) is 2.42. The number of hydrogen-bond donors (Lipinski definition) is 2. The molecule has 1 heterocycles. The van der Waals surface area contributed by atoms with Gasteiger partial charge in [0.1, 0.15) is 5.75 Å². The van der Waals surface area contributed by atoms with Crippen LogP contribution in [0.4, 0.5) is 10.5 Å². The Balaban J connectivity index is 1.51. The molecule has 3 rings (SSSR count). The molecule has 2 N–H and O–H groups in total. The number of nitrogens with one attached hydrogen (secondary N) is 2. The molecule has 0 spiro atoms. The van der Waals surface area contributed by atoms with Gasteiger partial charge < -0.3 is 15.4 Å². The third-order valence-corrected chi connectivity index (χ3v) is 3.77. The van der Waals surface area contributed by atoms with Crippen LogP contribution < -0.4 is 15.4 Å². The molecule has 0 aliphatic rings. The van der Waals surface area contributed by atoms with Crippen molar-refractivity contribution in [3.8, 4) is 11.6 Å². The maximum absolute atomic E-state index is 12.0. The number of rotatable bonds is 5. The minimum absolute atomic E-state index is 0.277. The second kappa shape index (κ2) is 8.16. The molecule has 1 aromatic heterocycles. The number of benzene rings is 2. The summed E-state index contributed by atoms with van der Waals surface area (Å²) in [6, 6.07) is 18.9. The van der Waals surface area contributed by atoms with Gasteiger partial charge in [0, 0.05) is 12.6 Å². The van der Waals surface area contributed by atoms with Gasteiger partial charge in [-0.25, -0.2) is 9.78 Å². The monoisotopic (exact) mass is 347 g/mol. The van der Waals surface area contributed by atoms with E-state index in [9.17, 15) is 4.79 Å². The van der Waals surface area contributed by atoms with Gasteiger partial charge in [0.15, 0.2) is 0 Å². The lowest BCUT2D eigenvalue weighted by atomic mass is 10.1. The largest absolute Gasteiger partial charge is 0.439 e. The molecule has 5 nitrogen and oxygen atoms in total. The van der Waals surface area contributed by atoms with Gasteiger partial charge in [-0.2, -0.15) is 0 Å². The Morgan fingerprint density at radius 1 is 1.00 bits per heavy atom. The predicted octanol–water partition coefficient (Wildman–Crippen LogP) is 4.81. The maximum atomic E-state index is 12.0. The standard InChI is InChI=1S/C21H21N3O2/c1-15-6-9-19(10-7-15)26-20-11-8-18(14-22-20)24-21(25)23-13-17-5-3-4-16(2)12-17/h3-12,14H,13H2,1-2H3,(H2,23,24,25). The van der Waals surface area contributed by atoms with E-state index in [1.54, 1.807) is 18.3 Å². The number of pyridine rings is 1. The SMILES string of the molecule is Cc1ccc(Oc2ccc(NC(=O)NCc3cccc(C)c3)cn2)cc1. The highest BCUT2D eigenvalue weighted by atomic mass is 16.5. The Morgan fingerprint density at radius 2 is 1.81 bits per heavy atom. The van der Waals surface area contributed by atoms with Crippen molar-refractivity contribution in [1.82, 2.24) is 10.3 Å². The summed E-state index contributed by atoms with van der Waals surface area (Å²) in [6.07, 6.45) is 1.57. The number of carbonyl (C=O) groups excluding carboxylic acids is 1. The lowest BCUT2D eigenvalue weighted by Crippen LogP contribution is -2.28. The van der Waals surface area contributed by atoms with Crippen LogP contribution in [0.5, 0.6) is 11.6 Å². The minimum Gasteiger partial charge on any atom is -0.439 e. The van der Waals surface area contributed by atoms with Gasteiger partial charge in [-0.3, -0.25) is 0 Å². The van der Waals surface area contributed by atoms with Gasteiger partial charge >= 0.3 is 6.03 Å². The highest BCUT2D eigenvalue weighted by Gasteiger charge is 2.04. The first-order valence-electron chi connectivity index (χ1n) is 8.39. The van der Waals surface area contributed by atoms with E-state index < -0.39 is 0 Å². The molecular formula is C21H21N3O2. The molecule has 132 valence electrons. The number of carbonyl (C=O) groups is 1. The van der Waals surface area contributed by atoms with Crippen molar-refractivity contribution in [3.05, 3.63) is 83.6 Å². The molecule has 0 aliphatic carbocycles. The zero-order valence-electron chi connectivity index (χ0n) is 14.8. The zero-order chi connectivity index (χ0) is 18.4. The molecule has 0 aliphatic heterocycles. The van der Waals surface area contributed by atoms with E-state index in [0.717, 1.165) is 16.9 Å². The molecule has 26 heavy (non-hydrogen) atoms. The number of nitrogens with zero attached hydrogens (tertiary/aromatic N) is 1. The number of hydrogen-bond acceptors (Lipinski definition) is 3. The van der Waals surface area contributed by atoms with E-state index in [1.807, 2.05) is 62.4 Å². The smallest absolute Gasteiger partial charge is 0.319 e. The first-order valence-corrected chi connectivity index (χ1v) is 8.39. The summed E-state index contributed by atoms with van der Waals surface area (Å²) >= 11 is 0. The molecule has 2 aromatic carbocycles. The lowest BCUT2D eigenvalue weighted by Gasteiger charge is -2.09. The number of anilines is 1. The molecule has 0 atom stereocenters.